The van der Waals surface area contributed by atoms with E-state index in [1.165, 1.54) is 23.8 Å². The van der Waals surface area contributed by atoms with Crippen molar-refractivity contribution in [3.05, 3.63) is 22.3 Å². The van der Waals surface area contributed by atoms with E-state index in [-0.39, 0.29) is 28.3 Å². The first-order valence-corrected chi connectivity index (χ1v) is 11.0. The second kappa shape index (κ2) is 8.24. The summed E-state index contributed by atoms with van der Waals surface area (Å²) in [5, 5.41) is 19.3. The number of ether oxygens (including phenoxy) is 1. The Bertz CT molecular complexity index is 954. The molecule has 160 valence electrons. The van der Waals surface area contributed by atoms with Crippen molar-refractivity contribution in [3.8, 4) is 0 Å². The van der Waals surface area contributed by atoms with Crippen molar-refractivity contribution in [1.29, 1.82) is 0 Å². The number of aliphatic carboxylic acids is 1. The number of aromatic nitrogens is 1. The Labute approximate surface area is 179 Å². The third-order valence-electron chi connectivity index (χ3n) is 4.96. The highest BCUT2D eigenvalue weighted by molar-refractivity contribution is 8.00. The number of fused-ring (bicyclic) bond motifs is 1. The average molecular weight is 452 g/mol. The number of carboxylic acids is 1. The minimum Gasteiger partial charge on any atom is -0.543 e. The number of nitrogens with one attached hydrogen (secondary N) is 1. The first kappa shape index (κ1) is 20.6. The minimum absolute atomic E-state index is 0.131. The van der Waals surface area contributed by atoms with Crippen LogP contribution in [0.15, 0.2) is 21.8 Å². The fraction of sp³-hybridized carbons (Fsp3) is 0.471. The van der Waals surface area contributed by atoms with Gasteiger partial charge in [-0.05, 0) is 18.4 Å². The lowest BCUT2D eigenvalue weighted by atomic mass is 9.99. The average Bonchev–Trinajstić information content (AvgIpc) is 3.40. The molecule has 1 aromatic heterocycles. The number of nitrogens with zero attached hydrogens (tertiary/aromatic N) is 3. The molecule has 0 saturated carbocycles. The molecule has 4 heterocycles. The lowest BCUT2D eigenvalue weighted by Gasteiger charge is -2.51. The first-order valence-electron chi connectivity index (χ1n) is 9.06. The van der Waals surface area contributed by atoms with E-state index in [4.69, 9.17) is 15.3 Å². The van der Waals surface area contributed by atoms with Crippen LogP contribution in [-0.4, -0.2) is 70.4 Å². The molecule has 13 heteroatoms. The fourth-order valence-corrected chi connectivity index (χ4v) is 5.59. The van der Waals surface area contributed by atoms with Gasteiger partial charge < -0.3 is 30.5 Å². The highest BCUT2D eigenvalue weighted by atomic mass is 32.2. The van der Waals surface area contributed by atoms with Gasteiger partial charge in [0.05, 0.1) is 17.8 Å². The summed E-state index contributed by atoms with van der Waals surface area (Å²) in [4.78, 5) is 47.2. The lowest BCUT2D eigenvalue weighted by molar-refractivity contribution is -0.301. The lowest BCUT2D eigenvalue weighted by Crippen LogP contribution is -2.71. The second-order valence-electron chi connectivity index (χ2n) is 6.72. The number of hydrogen-bond acceptors (Lipinski definition) is 11. The Morgan fingerprint density at radius 3 is 2.90 bits per heavy atom. The summed E-state index contributed by atoms with van der Waals surface area (Å²) in [6.45, 7) is 0.554. The Morgan fingerprint density at radius 1 is 1.50 bits per heavy atom. The quantitative estimate of drug-likeness (QED) is 0.302. The molecule has 2 saturated heterocycles. The van der Waals surface area contributed by atoms with E-state index in [0.29, 0.717) is 24.4 Å². The van der Waals surface area contributed by atoms with E-state index in [1.807, 2.05) is 0 Å². The van der Waals surface area contributed by atoms with E-state index in [1.54, 1.807) is 5.38 Å². The van der Waals surface area contributed by atoms with Crippen LogP contribution in [0, 0.1) is 0 Å². The highest BCUT2D eigenvalue weighted by Crippen LogP contribution is 2.42. The van der Waals surface area contributed by atoms with Crippen LogP contribution in [0.5, 0.6) is 0 Å². The molecule has 30 heavy (non-hydrogen) atoms. The van der Waals surface area contributed by atoms with E-state index >= 15 is 0 Å². The molecule has 3 N–H and O–H groups in total. The zero-order chi connectivity index (χ0) is 21.4. The molecule has 2 amide bonds. The van der Waals surface area contributed by atoms with Crippen LogP contribution in [0.3, 0.4) is 0 Å². The van der Waals surface area contributed by atoms with E-state index < -0.39 is 29.2 Å². The SMILES string of the molecule is CO/N=C(\C(=O)N[C@@H]1C(=O)N2C(C(=O)[O-])=C([C@@H]3CCCO3)CS[C@H]12)c1csc(N)n1. The Balaban J connectivity index is 1.53. The largest absolute Gasteiger partial charge is 0.543 e. The van der Waals surface area contributed by atoms with Gasteiger partial charge in [-0.25, -0.2) is 4.98 Å². The van der Waals surface area contributed by atoms with Crippen LogP contribution in [0.25, 0.3) is 0 Å². The summed E-state index contributed by atoms with van der Waals surface area (Å²) >= 11 is 2.49. The second-order valence-corrected chi connectivity index (χ2v) is 8.71. The van der Waals surface area contributed by atoms with E-state index in [0.717, 1.165) is 17.8 Å². The van der Waals surface area contributed by atoms with Gasteiger partial charge in [0.2, 0.25) is 0 Å². The molecule has 0 spiro atoms. The van der Waals surface area contributed by atoms with Gasteiger partial charge >= 0.3 is 0 Å². The van der Waals surface area contributed by atoms with Crippen molar-refractivity contribution in [3.63, 3.8) is 0 Å². The number of thiazole rings is 1. The predicted molar refractivity (Wildman–Crippen MR) is 106 cm³/mol. The van der Waals surface area contributed by atoms with Crippen LogP contribution in [0.2, 0.25) is 0 Å². The van der Waals surface area contributed by atoms with Crippen molar-refractivity contribution >= 4 is 51.7 Å². The number of β-lactam (4-membered cyclic amide) rings is 1. The van der Waals surface area contributed by atoms with Gasteiger partial charge in [0.1, 0.15) is 24.2 Å². The van der Waals surface area contributed by atoms with Crippen LogP contribution < -0.4 is 16.2 Å². The molecule has 3 aliphatic heterocycles. The molecule has 0 aliphatic carbocycles. The molecule has 0 aromatic carbocycles. The van der Waals surface area contributed by atoms with Crippen LogP contribution >= 0.6 is 23.1 Å². The number of hydrogen-bond donors (Lipinski definition) is 2. The summed E-state index contributed by atoms with van der Waals surface area (Å²) in [7, 11) is 1.28. The van der Waals surface area contributed by atoms with Crippen molar-refractivity contribution in [2.75, 3.05) is 25.2 Å². The molecule has 0 bridgehead atoms. The number of nitrogens with two attached hydrogens (primary N) is 1. The topological polar surface area (TPSA) is 159 Å². The fourth-order valence-electron chi connectivity index (χ4n) is 3.63. The van der Waals surface area contributed by atoms with E-state index in [2.05, 4.69) is 15.5 Å². The minimum atomic E-state index is -1.43. The smallest absolute Gasteiger partial charge is 0.276 e. The maximum atomic E-state index is 12.8. The van der Waals surface area contributed by atoms with Gasteiger partial charge in [0.25, 0.3) is 11.8 Å². The van der Waals surface area contributed by atoms with E-state index in [9.17, 15) is 19.5 Å². The molecular formula is C17H18N5O6S2-. The molecule has 4 rings (SSSR count). The number of nitrogen functional groups attached to an aromatic ring is 1. The Morgan fingerprint density at radius 2 is 2.30 bits per heavy atom. The number of thioether (sulfide) groups is 1. The van der Waals surface area contributed by atoms with Crippen molar-refractivity contribution in [2.45, 2.75) is 30.4 Å². The van der Waals surface area contributed by atoms with Gasteiger partial charge in [-0.2, -0.15) is 0 Å². The molecule has 2 fully saturated rings. The van der Waals surface area contributed by atoms with Crippen molar-refractivity contribution in [2.24, 2.45) is 5.16 Å². The molecule has 0 radical (unpaired) electrons. The first-order chi connectivity index (χ1) is 14.4. The van der Waals surface area contributed by atoms with Crippen molar-refractivity contribution < 1.29 is 29.1 Å². The maximum absolute atomic E-state index is 12.8. The third-order valence-corrected chi connectivity index (χ3v) is 6.93. The highest BCUT2D eigenvalue weighted by Gasteiger charge is 2.54. The van der Waals surface area contributed by atoms with Crippen molar-refractivity contribution in [1.82, 2.24) is 15.2 Å². The molecular weight excluding hydrogens is 434 g/mol. The monoisotopic (exact) mass is 452 g/mol. The van der Waals surface area contributed by atoms with Gasteiger partial charge in [-0.3, -0.25) is 14.5 Å². The number of carbonyl (C=O) groups excluding carboxylic acids is 3. The Hall–Kier alpha value is -2.64. The molecule has 1 aromatic rings. The zero-order valence-corrected chi connectivity index (χ0v) is 17.5. The number of amides is 2. The summed E-state index contributed by atoms with van der Waals surface area (Å²) in [6.07, 6.45) is 1.20. The van der Waals surface area contributed by atoms with Crippen LogP contribution in [0.4, 0.5) is 5.13 Å². The summed E-state index contributed by atoms with van der Waals surface area (Å²) in [5.74, 6) is -2.27. The standard InChI is InChI=1S/C17H19N5O6S2/c1-27-21-10(8-6-30-17(18)19-8)13(23)20-11-14(24)22-12(16(25)26)7(5-29-15(11)22)9-3-2-4-28-9/h6,9,11,15H,2-5H2,1H3,(H2,18,19)(H,20,23)(H,25,26)/p-1/b21-10-/t9-,11+,15+/m0/s1. The zero-order valence-electron chi connectivity index (χ0n) is 15.8. The summed E-state index contributed by atoms with van der Waals surface area (Å²) in [6, 6.07) is -0.916. The molecule has 0 unspecified atom stereocenters. The number of rotatable bonds is 6. The predicted octanol–water partition coefficient (Wildman–Crippen LogP) is -1.34. The number of carboxylic acid groups (broad SMARTS) is 1. The molecule has 3 aliphatic rings. The molecule has 11 nitrogen and oxygen atoms in total. The summed E-state index contributed by atoms with van der Waals surface area (Å²) in [5.41, 5.74) is 6.09. The maximum Gasteiger partial charge on any atom is 0.276 e. The molecule has 3 atom stereocenters. The number of carbonyl (C=O) groups is 3. The van der Waals surface area contributed by atoms with Gasteiger partial charge in [0, 0.05) is 17.7 Å². The number of anilines is 1. The third kappa shape index (κ3) is 3.52. The van der Waals surface area contributed by atoms with Crippen LogP contribution in [0.1, 0.15) is 18.5 Å². The Kier molecular flexibility index (Phi) is 5.66. The van der Waals surface area contributed by atoms with Gasteiger partial charge in [-0.15, -0.1) is 23.1 Å². The van der Waals surface area contributed by atoms with Gasteiger partial charge in [-0.1, -0.05) is 5.16 Å². The van der Waals surface area contributed by atoms with Crippen LogP contribution in [-0.2, 0) is 24.0 Å². The normalized spacial score (nSPS) is 26.3. The number of oxime groups is 1. The summed E-state index contributed by atoms with van der Waals surface area (Å²) < 4.78 is 5.60. The van der Waals surface area contributed by atoms with Gasteiger partial charge in [0.15, 0.2) is 10.8 Å².